The minimum atomic E-state index is 0.0238. The fourth-order valence-corrected chi connectivity index (χ4v) is 3.23. The summed E-state index contributed by atoms with van der Waals surface area (Å²) in [4.78, 5) is 28.1. The third-order valence-corrected chi connectivity index (χ3v) is 4.42. The van der Waals surface area contributed by atoms with Crippen molar-refractivity contribution < 1.29 is 9.59 Å². The molecular weight excluding hydrogens is 312 g/mol. The second-order valence-electron chi connectivity index (χ2n) is 5.98. The van der Waals surface area contributed by atoms with Crippen molar-refractivity contribution >= 4 is 34.0 Å². The van der Waals surface area contributed by atoms with Gasteiger partial charge in [-0.2, -0.15) is 0 Å². The SMILES string of the molecule is O=Cc1cc2c3ccccc3n(C(=O)CCc3ccccc3)c2cn1. The van der Waals surface area contributed by atoms with Gasteiger partial charge in [-0.25, -0.2) is 0 Å². The molecule has 4 nitrogen and oxygen atoms in total. The van der Waals surface area contributed by atoms with Gasteiger partial charge in [0.1, 0.15) is 5.69 Å². The van der Waals surface area contributed by atoms with Crippen LogP contribution in [0.3, 0.4) is 0 Å². The second-order valence-corrected chi connectivity index (χ2v) is 5.98. The van der Waals surface area contributed by atoms with Gasteiger partial charge < -0.3 is 0 Å². The number of hydrogen-bond donors (Lipinski definition) is 0. The summed E-state index contributed by atoms with van der Waals surface area (Å²) in [5.41, 5.74) is 3.09. The second kappa shape index (κ2) is 6.32. The van der Waals surface area contributed by atoms with Crippen LogP contribution in [-0.2, 0) is 6.42 Å². The van der Waals surface area contributed by atoms with Crippen LogP contribution < -0.4 is 0 Å². The molecule has 0 radical (unpaired) electrons. The average molecular weight is 328 g/mol. The number of fused-ring (bicyclic) bond motifs is 3. The van der Waals surface area contributed by atoms with Crippen molar-refractivity contribution in [2.75, 3.05) is 0 Å². The lowest BCUT2D eigenvalue weighted by atomic mass is 10.1. The normalized spacial score (nSPS) is 11.0. The maximum absolute atomic E-state index is 12.9. The fraction of sp³-hybridized carbons (Fsp3) is 0.0952. The predicted molar refractivity (Wildman–Crippen MR) is 98.0 cm³/mol. The summed E-state index contributed by atoms with van der Waals surface area (Å²) in [6.45, 7) is 0. The number of carbonyl (C=O) groups excluding carboxylic acids is 2. The predicted octanol–water partition coefficient (Wildman–Crippen LogP) is 4.28. The minimum absolute atomic E-state index is 0.0238. The van der Waals surface area contributed by atoms with E-state index in [2.05, 4.69) is 4.98 Å². The maximum atomic E-state index is 12.9. The van der Waals surface area contributed by atoms with Gasteiger partial charge >= 0.3 is 0 Å². The van der Waals surface area contributed by atoms with Crippen LogP contribution in [0.5, 0.6) is 0 Å². The lowest BCUT2D eigenvalue weighted by molar-refractivity contribution is 0.0913. The molecule has 2 aromatic heterocycles. The Kier molecular flexibility index (Phi) is 3.86. The summed E-state index contributed by atoms with van der Waals surface area (Å²) in [6, 6.07) is 19.5. The van der Waals surface area contributed by atoms with Gasteiger partial charge in [-0.3, -0.25) is 19.1 Å². The van der Waals surface area contributed by atoms with Crippen LogP contribution >= 0.6 is 0 Å². The van der Waals surface area contributed by atoms with E-state index in [1.165, 1.54) is 0 Å². The third kappa shape index (κ3) is 2.72. The topological polar surface area (TPSA) is 52.0 Å². The Labute approximate surface area is 144 Å². The van der Waals surface area contributed by atoms with Gasteiger partial charge in [-0.15, -0.1) is 0 Å². The first-order valence-electron chi connectivity index (χ1n) is 8.19. The summed E-state index contributed by atoms with van der Waals surface area (Å²) < 4.78 is 1.72. The smallest absolute Gasteiger partial charge is 0.231 e. The molecule has 0 aliphatic rings. The molecule has 0 atom stereocenters. The zero-order chi connectivity index (χ0) is 17.2. The number of carbonyl (C=O) groups is 2. The fourth-order valence-electron chi connectivity index (χ4n) is 3.23. The molecule has 25 heavy (non-hydrogen) atoms. The van der Waals surface area contributed by atoms with Gasteiger partial charge in [0, 0.05) is 17.2 Å². The first-order chi connectivity index (χ1) is 12.3. The summed E-state index contributed by atoms with van der Waals surface area (Å²) in [5, 5.41) is 1.83. The minimum Gasteiger partial charge on any atom is -0.296 e. The highest BCUT2D eigenvalue weighted by molar-refractivity contribution is 6.13. The van der Waals surface area contributed by atoms with Gasteiger partial charge in [0.2, 0.25) is 5.91 Å². The van der Waals surface area contributed by atoms with E-state index in [1.807, 2.05) is 54.6 Å². The van der Waals surface area contributed by atoms with Crippen molar-refractivity contribution in [2.24, 2.45) is 0 Å². The Bertz CT molecular complexity index is 1080. The van der Waals surface area contributed by atoms with Crippen molar-refractivity contribution in [3.8, 4) is 0 Å². The van der Waals surface area contributed by atoms with E-state index in [-0.39, 0.29) is 5.91 Å². The highest BCUT2D eigenvalue weighted by atomic mass is 16.2. The lowest BCUT2D eigenvalue weighted by Crippen LogP contribution is -2.11. The number of nitrogens with zero attached hydrogens (tertiary/aromatic N) is 2. The standard InChI is InChI=1S/C21H16N2O2/c24-14-16-12-18-17-8-4-5-9-19(17)23(20(18)13-22-16)21(25)11-10-15-6-2-1-3-7-15/h1-9,12-14H,10-11H2. The van der Waals surface area contributed by atoms with Gasteiger partial charge in [-0.1, -0.05) is 48.5 Å². The molecular formula is C21H16N2O2. The van der Waals surface area contributed by atoms with Crippen LogP contribution in [0.4, 0.5) is 0 Å². The van der Waals surface area contributed by atoms with E-state index >= 15 is 0 Å². The summed E-state index contributed by atoms with van der Waals surface area (Å²) in [7, 11) is 0. The van der Waals surface area contributed by atoms with Gasteiger partial charge in [-0.05, 0) is 24.1 Å². The molecule has 0 bridgehead atoms. The monoisotopic (exact) mass is 328 g/mol. The molecule has 0 amide bonds. The van der Waals surface area contributed by atoms with Crippen LogP contribution in [0.25, 0.3) is 21.8 Å². The van der Waals surface area contributed by atoms with E-state index < -0.39 is 0 Å². The summed E-state index contributed by atoms with van der Waals surface area (Å²) in [6.07, 6.45) is 3.43. The van der Waals surface area contributed by atoms with Crippen LogP contribution in [0.2, 0.25) is 0 Å². The molecule has 4 heteroatoms. The third-order valence-electron chi connectivity index (χ3n) is 4.42. The van der Waals surface area contributed by atoms with Crippen molar-refractivity contribution in [1.29, 1.82) is 0 Å². The molecule has 0 saturated carbocycles. The number of aryl methyl sites for hydroxylation is 1. The molecule has 0 aliphatic carbocycles. The van der Waals surface area contributed by atoms with Gasteiger partial charge in [0.15, 0.2) is 6.29 Å². The molecule has 4 rings (SSSR count). The Morgan fingerprint density at radius 1 is 0.960 bits per heavy atom. The first kappa shape index (κ1) is 15.3. The van der Waals surface area contributed by atoms with Crippen LogP contribution in [0, 0.1) is 0 Å². The number of aromatic nitrogens is 2. The van der Waals surface area contributed by atoms with Crippen molar-refractivity contribution in [3.63, 3.8) is 0 Å². The molecule has 0 fully saturated rings. The van der Waals surface area contributed by atoms with Crippen molar-refractivity contribution in [3.05, 3.63) is 78.1 Å². The quantitative estimate of drug-likeness (QED) is 0.526. The molecule has 2 heterocycles. The number of benzene rings is 2. The molecule has 122 valence electrons. The van der Waals surface area contributed by atoms with E-state index in [9.17, 15) is 9.59 Å². The van der Waals surface area contributed by atoms with E-state index in [0.717, 1.165) is 33.7 Å². The number of rotatable bonds is 4. The van der Waals surface area contributed by atoms with Crippen LogP contribution in [0.1, 0.15) is 27.3 Å². The summed E-state index contributed by atoms with van der Waals surface area (Å²) >= 11 is 0. The number of hydrogen-bond acceptors (Lipinski definition) is 3. The number of aldehydes is 1. The Hall–Kier alpha value is -3.27. The molecule has 0 spiro atoms. The molecule has 0 unspecified atom stereocenters. The van der Waals surface area contributed by atoms with Crippen LogP contribution in [0.15, 0.2) is 66.9 Å². The van der Waals surface area contributed by atoms with Gasteiger partial charge in [0.25, 0.3) is 0 Å². The largest absolute Gasteiger partial charge is 0.296 e. The van der Waals surface area contributed by atoms with E-state index in [1.54, 1.807) is 16.8 Å². The first-order valence-corrected chi connectivity index (χ1v) is 8.19. The molecule has 0 saturated heterocycles. The molecule has 0 N–H and O–H groups in total. The van der Waals surface area contributed by atoms with Crippen molar-refractivity contribution in [2.45, 2.75) is 12.8 Å². The van der Waals surface area contributed by atoms with Crippen molar-refractivity contribution in [1.82, 2.24) is 9.55 Å². The average Bonchev–Trinajstić information content (AvgIpc) is 3.00. The maximum Gasteiger partial charge on any atom is 0.231 e. The zero-order valence-electron chi connectivity index (χ0n) is 13.6. The summed E-state index contributed by atoms with van der Waals surface area (Å²) in [5.74, 6) is 0.0238. The lowest BCUT2D eigenvalue weighted by Gasteiger charge is -2.06. The number of para-hydroxylation sites is 1. The molecule has 0 aliphatic heterocycles. The highest BCUT2D eigenvalue weighted by Gasteiger charge is 2.16. The highest BCUT2D eigenvalue weighted by Crippen LogP contribution is 2.29. The van der Waals surface area contributed by atoms with E-state index in [0.29, 0.717) is 18.5 Å². The molecule has 4 aromatic rings. The number of pyridine rings is 1. The molecule has 2 aromatic carbocycles. The van der Waals surface area contributed by atoms with E-state index in [4.69, 9.17) is 0 Å². The zero-order valence-corrected chi connectivity index (χ0v) is 13.6. The van der Waals surface area contributed by atoms with Crippen LogP contribution in [-0.4, -0.2) is 21.7 Å². The van der Waals surface area contributed by atoms with Gasteiger partial charge in [0.05, 0.1) is 17.2 Å². The Morgan fingerprint density at radius 2 is 1.72 bits per heavy atom. The Morgan fingerprint density at radius 3 is 2.52 bits per heavy atom. The Balaban J connectivity index is 1.79.